The zero-order chi connectivity index (χ0) is 10.7. The maximum Gasteiger partial charge on any atom is 0.0693 e. The van der Waals surface area contributed by atoms with Crippen molar-refractivity contribution >= 4 is 0 Å². The van der Waals surface area contributed by atoms with E-state index in [9.17, 15) is 0 Å². The minimum atomic E-state index is 0.324. The number of benzene rings is 1. The first-order chi connectivity index (χ1) is 7.33. The van der Waals surface area contributed by atoms with Crippen LogP contribution in [0.2, 0.25) is 0 Å². The van der Waals surface area contributed by atoms with E-state index in [2.05, 4.69) is 35.5 Å². The molecule has 1 unspecified atom stereocenters. The Morgan fingerprint density at radius 2 is 2.07 bits per heavy atom. The number of rotatable bonds is 3. The van der Waals surface area contributed by atoms with Crippen LogP contribution in [0.15, 0.2) is 42.7 Å². The summed E-state index contributed by atoms with van der Waals surface area (Å²) in [5.74, 6) is 0. The van der Waals surface area contributed by atoms with Crippen LogP contribution in [-0.4, -0.2) is 16.8 Å². The summed E-state index contributed by atoms with van der Waals surface area (Å²) >= 11 is 0. The van der Waals surface area contributed by atoms with Gasteiger partial charge in [-0.15, -0.1) is 0 Å². The van der Waals surface area contributed by atoms with Gasteiger partial charge < -0.3 is 5.32 Å². The fourth-order valence-corrected chi connectivity index (χ4v) is 1.63. The summed E-state index contributed by atoms with van der Waals surface area (Å²) in [6.07, 6.45) is 3.75. The van der Waals surface area contributed by atoms with E-state index in [0.717, 1.165) is 5.69 Å². The Balaban J connectivity index is 2.47. The topological polar surface area (TPSA) is 29.9 Å². The minimum Gasteiger partial charge on any atom is -0.313 e. The molecule has 0 saturated carbocycles. The third-order valence-corrected chi connectivity index (χ3v) is 2.59. The van der Waals surface area contributed by atoms with E-state index in [1.54, 1.807) is 6.20 Å². The SMILES string of the molecule is CNC(C)c1ccccc1-n1cccn1. The Kier molecular flexibility index (Phi) is 2.83. The largest absolute Gasteiger partial charge is 0.313 e. The van der Waals surface area contributed by atoms with Crippen molar-refractivity contribution in [2.45, 2.75) is 13.0 Å². The fourth-order valence-electron chi connectivity index (χ4n) is 1.63. The van der Waals surface area contributed by atoms with Crippen molar-refractivity contribution in [3.8, 4) is 5.69 Å². The van der Waals surface area contributed by atoms with Crippen LogP contribution in [0.3, 0.4) is 0 Å². The predicted molar refractivity (Wildman–Crippen MR) is 61.0 cm³/mol. The van der Waals surface area contributed by atoms with Gasteiger partial charge in [-0.2, -0.15) is 5.10 Å². The van der Waals surface area contributed by atoms with Gasteiger partial charge in [-0.3, -0.25) is 0 Å². The second kappa shape index (κ2) is 4.28. The van der Waals surface area contributed by atoms with Gasteiger partial charge in [0.15, 0.2) is 0 Å². The lowest BCUT2D eigenvalue weighted by molar-refractivity contribution is 0.644. The van der Waals surface area contributed by atoms with E-state index in [4.69, 9.17) is 0 Å². The van der Waals surface area contributed by atoms with Crippen LogP contribution in [-0.2, 0) is 0 Å². The molecule has 0 saturated heterocycles. The quantitative estimate of drug-likeness (QED) is 0.824. The number of nitrogens with zero attached hydrogens (tertiary/aromatic N) is 2. The molecule has 0 aliphatic rings. The third kappa shape index (κ3) is 1.92. The van der Waals surface area contributed by atoms with Gasteiger partial charge in [-0.05, 0) is 31.7 Å². The maximum absolute atomic E-state index is 4.25. The number of aromatic nitrogens is 2. The van der Waals surface area contributed by atoms with Crippen LogP contribution in [0, 0.1) is 0 Å². The molecule has 0 radical (unpaired) electrons. The first kappa shape index (κ1) is 9.93. The molecule has 1 aromatic carbocycles. The van der Waals surface area contributed by atoms with Crippen molar-refractivity contribution in [3.05, 3.63) is 48.3 Å². The smallest absolute Gasteiger partial charge is 0.0693 e. The summed E-state index contributed by atoms with van der Waals surface area (Å²) < 4.78 is 1.89. The van der Waals surface area contributed by atoms with Gasteiger partial charge in [0, 0.05) is 18.4 Å². The summed E-state index contributed by atoms with van der Waals surface area (Å²) in [6.45, 7) is 2.14. The molecule has 0 spiro atoms. The Bertz CT molecular complexity index is 420. The Labute approximate surface area is 89.7 Å². The van der Waals surface area contributed by atoms with Gasteiger partial charge in [0.1, 0.15) is 0 Å². The highest BCUT2D eigenvalue weighted by atomic mass is 15.3. The third-order valence-electron chi connectivity index (χ3n) is 2.59. The minimum absolute atomic E-state index is 0.324. The molecule has 0 amide bonds. The summed E-state index contributed by atoms with van der Waals surface area (Å²) in [5.41, 5.74) is 2.38. The van der Waals surface area contributed by atoms with Crippen LogP contribution < -0.4 is 5.32 Å². The molecule has 78 valence electrons. The molecule has 0 bridgehead atoms. The normalized spacial score (nSPS) is 12.7. The molecule has 1 heterocycles. The van der Waals surface area contributed by atoms with Crippen molar-refractivity contribution in [2.24, 2.45) is 0 Å². The van der Waals surface area contributed by atoms with Crippen molar-refractivity contribution in [1.29, 1.82) is 0 Å². The number of hydrogen-bond acceptors (Lipinski definition) is 2. The van der Waals surface area contributed by atoms with Crippen LogP contribution in [0.5, 0.6) is 0 Å². The summed E-state index contributed by atoms with van der Waals surface area (Å²) in [6, 6.07) is 10.5. The molecule has 0 fully saturated rings. The van der Waals surface area contributed by atoms with Gasteiger partial charge in [0.05, 0.1) is 5.69 Å². The monoisotopic (exact) mass is 201 g/mol. The molecule has 15 heavy (non-hydrogen) atoms. The molecular weight excluding hydrogens is 186 g/mol. The number of para-hydroxylation sites is 1. The highest BCUT2D eigenvalue weighted by molar-refractivity contribution is 5.41. The molecule has 1 aromatic heterocycles. The predicted octanol–water partition coefficient (Wildman–Crippen LogP) is 2.15. The van der Waals surface area contributed by atoms with Crippen molar-refractivity contribution < 1.29 is 0 Å². The average Bonchev–Trinajstić information content (AvgIpc) is 2.81. The highest BCUT2D eigenvalue weighted by Crippen LogP contribution is 2.20. The van der Waals surface area contributed by atoms with E-state index >= 15 is 0 Å². The zero-order valence-corrected chi connectivity index (χ0v) is 9.01. The second-order valence-electron chi connectivity index (χ2n) is 3.52. The molecule has 0 aliphatic heterocycles. The highest BCUT2D eigenvalue weighted by Gasteiger charge is 2.09. The lowest BCUT2D eigenvalue weighted by atomic mass is 10.1. The molecule has 2 aromatic rings. The van der Waals surface area contributed by atoms with E-state index < -0.39 is 0 Å². The van der Waals surface area contributed by atoms with Crippen LogP contribution >= 0.6 is 0 Å². The molecule has 2 rings (SSSR count). The Hall–Kier alpha value is -1.61. The van der Waals surface area contributed by atoms with Gasteiger partial charge in [0.2, 0.25) is 0 Å². The van der Waals surface area contributed by atoms with Crippen LogP contribution in [0.1, 0.15) is 18.5 Å². The molecule has 3 heteroatoms. The van der Waals surface area contributed by atoms with Crippen LogP contribution in [0.25, 0.3) is 5.69 Å². The Morgan fingerprint density at radius 3 is 2.73 bits per heavy atom. The van der Waals surface area contributed by atoms with E-state index in [0.29, 0.717) is 6.04 Å². The summed E-state index contributed by atoms with van der Waals surface area (Å²) in [7, 11) is 1.96. The molecule has 1 N–H and O–H groups in total. The zero-order valence-electron chi connectivity index (χ0n) is 9.01. The number of hydrogen-bond donors (Lipinski definition) is 1. The fraction of sp³-hybridized carbons (Fsp3) is 0.250. The van der Waals surface area contributed by atoms with Gasteiger partial charge in [0.25, 0.3) is 0 Å². The molecule has 0 aliphatic carbocycles. The maximum atomic E-state index is 4.25. The number of nitrogens with one attached hydrogen (secondary N) is 1. The molecule has 3 nitrogen and oxygen atoms in total. The first-order valence-electron chi connectivity index (χ1n) is 5.09. The van der Waals surface area contributed by atoms with Crippen molar-refractivity contribution in [3.63, 3.8) is 0 Å². The van der Waals surface area contributed by atoms with Gasteiger partial charge in [-0.1, -0.05) is 18.2 Å². The lowest BCUT2D eigenvalue weighted by Gasteiger charge is -2.15. The van der Waals surface area contributed by atoms with E-state index in [1.807, 2.05) is 30.1 Å². The first-order valence-corrected chi connectivity index (χ1v) is 5.09. The summed E-state index contributed by atoms with van der Waals surface area (Å²) in [5, 5.41) is 7.50. The lowest BCUT2D eigenvalue weighted by Crippen LogP contribution is -2.15. The standard InChI is InChI=1S/C12H15N3/c1-10(13-2)11-6-3-4-7-12(11)15-9-5-8-14-15/h3-10,13H,1-2H3. The van der Waals surface area contributed by atoms with Gasteiger partial charge in [-0.25, -0.2) is 4.68 Å². The molecular formula is C12H15N3. The summed E-state index contributed by atoms with van der Waals surface area (Å²) in [4.78, 5) is 0. The van der Waals surface area contributed by atoms with Gasteiger partial charge >= 0.3 is 0 Å². The van der Waals surface area contributed by atoms with Crippen LogP contribution in [0.4, 0.5) is 0 Å². The van der Waals surface area contributed by atoms with E-state index in [-0.39, 0.29) is 0 Å². The van der Waals surface area contributed by atoms with Crippen molar-refractivity contribution in [2.75, 3.05) is 7.05 Å². The average molecular weight is 201 g/mol. The van der Waals surface area contributed by atoms with E-state index in [1.165, 1.54) is 5.56 Å². The van der Waals surface area contributed by atoms with Crippen molar-refractivity contribution in [1.82, 2.24) is 15.1 Å². The Morgan fingerprint density at radius 1 is 1.27 bits per heavy atom. The molecule has 1 atom stereocenters. The second-order valence-corrected chi connectivity index (χ2v) is 3.52.